The van der Waals surface area contributed by atoms with E-state index in [1.165, 1.54) is 5.56 Å². The van der Waals surface area contributed by atoms with Gasteiger partial charge in [0, 0.05) is 50.1 Å². The van der Waals surface area contributed by atoms with Crippen LogP contribution in [-0.4, -0.2) is 72.2 Å². The molecule has 1 unspecified atom stereocenters. The summed E-state index contributed by atoms with van der Waals surface area (Å²) >= 11 is 0. The molecule has 8 heteroatoms. The Labute approximate surface area is 217 Å². The normalized spacial score (nSPS) is 20.2. The summed E-state index contributed by atoms with van der Waals surface area (Å²) < 4.78 is 5.41. The molecule has 2 aromatic carbocycles. The second kappa shape index (κ2) is 10.9. The molecule has 0 aliphatic carbocycles. The SMILES string of the molecule is Cc1cc(C(=O)CCc2ccc3c(c2)CN(C2CCC(=O)NC2=O)C3=O)ccc1CCN1CCOCC1. The molecule has 3 aliphatic heterocycles. The van der Waals surface area contributed by atoms with E-state index in [2.05, 4.69) is 23.2 Å². The highest BCUT2D eigenvalue weighted by Gasteiger charge is 2.39. The first-order chi connectivity index (χ1) is 17.9. The largest absolute Gasteiger partial charge is 0.379 e. The minimum Gasteiger partial charge on any atom is -0.379 e. The molecule has 3 heterocycles. The number of imide groups is 1. The van der Waals surface area contributed by atoms with Crippen LogP contribution in [0.2, 0.25) is 0 Å². The van der Waals surface area contributed by atoms with Crippen molar-refractivity contribution in [2.45, 2.75) is 51.6 Å². The van der Waals surface area contributed by atoms with Crippen molar-refractivity contribution in [3.8, 4) is 0 Å². The van der Waals surface area contributed by atoms with E-state index in [4.69, 9.17) is 4.74 Å². The zero-order valence-corrected chi connectivity index (χ0v) is 21.3. The van der Waals surface area contributed by atoms with Gasteiger partial charge in [-0.1, -0.05) is 24.3 Å². The van der Waals surface area contributed by atoms with Crippen molar-refractivity contribution < 1.29 is 23.9 Å². The lowest BCUT2D eigenvalue weighted by Gasteiger charge is -2.29. The van der Waals surface area contributed by atoms with Crippen LogP contribution >= 0.6 is 0 Å². The molecule has 3 aliphatic rings. The van der Waals surface area contributed by atoms with E-state index in [1.54, 1.807) is 11.0 Å². The molecule has 0 radical (unpaired) electrons. The van der Waals surface area contributed by atoms with Crippen LogP contribution in [0.25, 0.3) is 0 Å². The molecule has 194 valence electrons. The number of benzene rings is 2. The van der Waals surface area contributed by atoms with Gasteiger partial charge < -0.3 is 9.64 Å². The minimum atomic E-state index is -0.622. The van der Waals surface area contributed by atoms with Crippen molar-refractivity contribution in [1.82, 2.24) is 15.1 Å². The molecule has 0 saturated carbocycles. The van der Waals surface area contributed by atoms with Crippen molar-refractivity contribution in [2.24, 2.45) is 0 Å². The Morgan fingerprint density at radius 2 is 1.86 bits per heavy atom. The number of aryl methyl sites for hydroxylation is 2. The molecule has 1 N–H and O–H groups in total. The minimum absolute atomic E-state index is 0.101. The van der Waals surface area contributed by atoms with Crippen LogP contribution in [0.1, 0.15) is 62.2 Å². The zero-order valence-electron chi connectivity index (χ0n) is 21.3. The predicted octanol–water partition coefficient (Wildman–Crippen LogP) is 2.45. The maximum absolute atomic E-state index is 12.9. The summed E-state index contributed by atoms with van der Waals surface area (Å²) in [4.78, 5) is 53.5. The van der Waals surface area contributed by atoms with Gasteiger partial charge in [-0.15, -0.1) is 0 Å². The molecule has 1 atom stereocenters. The average molecular weight is 504 g/mol. The first-order valence-corrected chi connectivity index (χ1v) is 13.1. The summed E-state index contributed by atoms with van der Waals surface area (Å²) in [7, 11) is 0. The van der Waals surface area contributed by atoms with Gasteiger partial charge in [0.25, 0.3) is 5.91 Å². The highest BCUT2D eigenvalue weighted by Crippen LogP contribution is 2.28. The summed E-state index contributed by atoms with van der Waals surface area (Å²) in [5.41, 5.74) is 5.58. The van der Waals surface area contributed by atoms with Gasteiger partial charge in [0.05, 0.1) is 13.2 Å². The summed E-state index contributed by atoms with van der Waals surface area (Å²) in [6, 6.07) is 11.0. The molecular weight excluding hydrogens is 470 g/mol. The molecule has 2 aromatic rings. The lowest BCUT2D eigenvalue weighted by atomic mass is 9.96. The van der Waals surface area contributed by atoms with E-state index in [1.807, 2.05) is 24.3 Å². The lowest BCUT2D eigenvalue weighted by molar-refractivity contribution is -0.136. The number of fused-ring (bicyclic) bond motifs is 1. The molecule has 5 rings (SSSR count). The van der Waals surface area contributed by atoms with E-state index in [9.17, 15) is 19.2 Å². The third kappa shape index (κ3) is 5.65. The molecule has 0 bridgehead atoms. The first-order valence-electron chi connectivity index (χ1n) is 13.1. The zero-order chi connectivity index (χ0) is 25.9. The molecule has 0 aromatic heterocycles. The number of carbonyl (C=O) groups is 4. The maximum atomic E-state index is 12.9. The van der Waals surface area contributed by atoms with Crippen LogP contribution in [0.15, 0.2) is 36.4 Å². The Bertz CT molecular complexity index is 1230. The number of carbonyl (C=O) groups excluding carboxylic acids is 4. The second-order valence-electron chi connectivity index (χ2n) is 10.2. The monoisotopic (exact) mass is 503 g/mol. The number of rotatable bonds is 8. The van der Waals surface area contributed by atoms with Crippen LogP contribution in [0.4, 0.5) is 0 Å². The highest BCUT2D eigenvalue weighted by atomic mass is 16.5. The van der Waals surface area contributed by atoms with E-state index >= 15 is 0 Å². The molecule has 0 spiro atoms. The summed E-state index contributed by atoms with van der Waals surface area (Å²) in [6.07, 6.45) is 2.51. The van der Waals surface area contributed by atoms with Crippen molar-refractivity contribution >= 4 is 23.5 Å². The second-order valence-corrected chi connectivity index (χ2v) is 10.2. The number of nitrogens with one attached hydrogen (secondary N) is 1. The molecule has 37 heavy (non-hydrogen) atoms. The number of ketones is 1. The quantitative estimate of drug-likeness (QED) is 0.439. The Balaban J connectivity index is 1.17. The van der Waals surface area contributed by atoms with Gasteiger partial charge in [0.15, 0.2) is 5.78 Å². The van der Waals surface area contributed by atoms with Gasteiger partial charge in [-0.05, 0) is 60.6 Å². The van der Waals surface area contributed by atoms with Crippen molar-refractivity contribution in [3.63, 3.8) is 0 Å². The third-order valence-corrected chi connectivity index (χ3v) is 7.69. The summed E-state index contributed by atoms with van der Waals surface area (Å²) in [5.74, 6) is -0.790. The molecular formula is C29H33N3O5. The van der Waals surface area contributed by atoms with Crippen LogP contribution < -0.4 is 5.32 Å². The molecule has 2 fully saturated rings. The fourth-order valence-electron chi connectivity index (χ4n) is 5.44. The fourth-order valence-corrected chi connectivity index (χ4v) is 5.44. The summed E-state index contributed by atoms with van der Waals surface area (Å²) in [6.45, 7) is 6.95. The predicted molar refractivity (Wildman–Crippen MR) is 137 cm³/mol. The van der Waals surface area contributed by atoms with Crippen molar-refractivity contribution in [3.05, 3.63) is 69.8 Å². The maximum Gasteiger partial charge on any atom is 0.255 e. The van der Waals surface area contributed by atoms with Crippen molar-refractivity contribution in [2.75, 3.05) is 32.8 Å². The van der Waals surface area contributed by atoms with E-state index in [-0.39, 0.29) is 24.0 Å². The Morgan fingerprint density at radius 3 is 2.62 bits per heavy atom. The molecule has 3 amide bonds. The standard InChI is InChI=1S/C29H33N3O5/c1-19-16-22(5-4-21(19)10-11-31-12-14-37-15-13-31)26(33)8-3-20-2-6-24-23(17-20)18-32(29(24)36)25-7-9-27(34)30-28(25)35/h2,4-6,16-17,25H,3,7-15,18H2,1H3,(H,30,34,35). The number of Topliss-reactive ketones (excluding diaryl/α,β-unsaturated/α-hetero) is 1. The van der Waals surface area contributed by atoms with E-state index in [0.717, 1.165) is 61.5 Å². The van der Waals surface area contributed by atoms with Crippen LogP contribution in [0.5, 0.6) is 0 Å². The Hall–Kier alpha value is -3.36. The van der Waals surface area contributed by atoms with E-state index in [0.29, 0.717) is 31.4 Å². The number of piperidine rings is 1. The van der Waals surface area contributed by atoms with Gasteiger partial charge in [0.1, 0.15) is 6.04 Å². The number of hydrogen-bond donors (Lipinski definition) is 1. The Morgan fingerprint density at radius 1 is 1.05 bits per heavy atom. The van der Waals surface area contributed by atoms with Gasteiger partial charge in [0.2, 0.25) is 11.8 Å². The Kier molecular flexibility index (Phi) is 7.48. The number of hydrogen-bond acceptors (Lipinski definition) is 6. The smallest absolute Gasteiger partial charge is 0.255 e. The topological polar surface area (TPSA) is 96.0 Å². The van der Waals surface area contributed by atoms with Gasteiger partial charge >= 0.3 is 0 Å². The first kappa shape index (κ1) is 25.3. The molecule has 8 nitrogen and oxygen atoms in total. The molecule has 2 saturated heterocycles. The highest BCUT2D eigenvalue weighted by molar-refractivity contribution is 6.05. The van der Waals surface area contributed by atoms with Crippen LogP contribution in [0, 0.1) is 6.92 Å². The lowest BCUT2D eigenvalue weighted by Crippen LogP contribution is -2.52. The van der Waals surface area contributed by atoms with Gasteiger partial charge in [-0.3, -0.25) is 29.4 Å². The number of ether oxygens (including phenoxy) is 1. The van der Waals surface area contributed by atoms with Gasteiger partial charge in [-0.2, -0.15) is 0 Å². The number of morpholine rings is 1. The van der Waals surface area contributed by atoms with Gasteiger partial charge in [-0.25, -0.2) is 0 Å². The van der Waals surface area contributed by atoms with E-state index < -0.39 is 11.9 Å². The fraction of sp³-hybridized carbons (Fsp3) is 0.448. The average Bonchev–Trinajstić information content (AvgIpc) is 3.22. The summed E-state index contributed by atoms with van der Waals surface area (Å²) in [5, 5.41) is 2.33. The third-order valence-electron chi connectivity index (χ3n) is 7.69. The number of amides is 3. The van der Waals surface area contributed by atoms with Crippen LogP contribution in [0.3, 0.4) is 0 Å². The van der Waals surface area contributed by atoms with Crippen molar-refractivity contribution in [1.29, 1.82) is 0 Å². The van der Waals surface area contributed by atoms with Crippen LogP contribution in [-0.2, 0) is 33.7 Å². The number of nitrogens with zero attached hydrogens (tertiary/aromatic N) is 2.